The molecule has 33 heavy (non-hydrogen) atoms. The molecule has 3 amide bonds. The number of aryl methyl sites for hydroxylation is 1. The van der Waals surface area contributed by atoms with Gasteiger partial charge in [0.05, 0.1) is 23.4 Å². The average molecular weight is 445 g/mol. The van der Waals surface area contributed by atoms with Gasteiger partial charge in [-0.3, -0.25) is 14.4 Å². The first-order valence-electron chi connectivity index (χ1n) is 10.8. The Hall–Kier alpha value is -4.13. The van der Waals surface area contributed by atoms with Crippen LogP contribution in [0.4, 0.5) is 11.4 Å². The topological polar surface area (TPSA) is 99.3 Å². The highest BCUT2D eigenvalue weighted by Crippen LogP contribution is 2.17. The molecular formula is C26H28N4O3. The van der Waals surface area contributed by atoms with Gasteiger partial charge in [-0.2, -0.15) is 0 Å². The Balaban J connectivity index is 1.61. The summed E-state index contributed by atoms with van der Waals surface area (Å²) in [7, 11) is 0. The molecular weight excluding hydrogens is 416 g/mol. The molecule has 170 valence electrons. The lowest BCUT2D eigenvalue weighted by molar-refractivity contribution is -0.114. The third kappa shape index (κ3) is 6.67. The quantitative estimate of drug-likeness (QED) is 0.404. The van der Waals surface area contributed by atoms with Gasteiger partial charge in [0.2, 0.25) is 5.91 Å². The molecule has 0 saturated carbocycles. The number of nitrogens with one attached hydrogen (secondary N) is 4. The Labute approximate surface area is 193 Å². The molecule has 0 unspecified atom stereocenters. The lowest BCUT2D eigenvalue weighted by Gasteiger charge is -2.14. The first-order chi connectivity index (χ1) is 16.0. The Morgan fingerprint density at radius 2 is 1.30 bits per heavy atom. The van der Waals surface area contributed by atoms with Gasteiger partial charge < -0.3 is 21.3 Å². The van der Waals surface area contributed by atoms with E-state index in [-0.39, 0.29) is 24.3 Å². The van der Waals surface area contributed by atoms with Crippen LogP contribution in [-0.2, 0) is 11.3 Å². The highest BCUT2D eigenvalue weighted by molar-refractivity contribution is 6.05. The molecule has 3 aromatic rings. The van der Waals surface area contributed by atoms with Gasteiger partial charge in [0, 0.05) is 18.8 Å². The Morgan fingerprint density at radius 1 is 0.727 bits per heavy atom. The molecule has 0 heterocycles. The minimum absolute atomic E-state index is 0.0598. The van der Waals surface area contributed by atoms with E-state index in [4.69, 9.17) is 0 Å². The standard InChI is InChI=1S/C26H28N4O3/c1-3-27-25(32)20-8-4-6-10-22(20)28-17-24(31)30-23-11-7-5-9-21(23)26(33)29-16-19-14-12-18(2)13-15-19/h4-15,28H,3,16-17H2,1-2H3,(H,27,32)(H,29,33)(H,30,31). The van der Waals surface area contributed by atoms with Crippen LogP contribution in [0.1, 0.15) is 38.8 Å². The van der Waals surface area contributed by atoms with Crippen molar-refractivity contribution in [3.8, 4) is 0 Å². The van der Waals surface area contributed by atoms with Crippen LogP contribution in [0, 0.1) is 6.92 Å². The zero-order valence-electron chi connectivity index (χ0n) is 18.8. The summed E-state index contributed by atoms with van der Waals surface area (Å²) in [5.74, 6) is -0.822. The van der Waals surface area contributed by atoms with E-state index < -0.39 is 0 Å². The fraction of sp³-hybridized carbons (Fsp3) is 0.192. The van der Waals surface area contributed by atoms with Crippen molar-refractivity contribution in [2.45, 2.75) is 20.4 Å². The van der Waals surface area contributed by atoms with Crippen molar-refractivity contribution >= 4 is 29.1 Å². The molecule has 0 aromatic heterocycles. The van der Waals surface area contributed by atoms with Crippen LogP contribution in [0.2, 0.25) is 0 Å². The van der Waals surface area contributed by atoms with Crippen molar-refractivity contribution in [1.82, 2.24) is 10.6 Å². The van der Waals surface area contributed by atoms with Gasteiger partial charge in [-0.1, -0.05) is 54.1 Å². The summed E-state index contributed by atoms with van der Waals surface area (Å²) in [5.41, 5.74) is 3.96. The molecule has 0 saturated heterocycles. The summed E-state index contributed by atoms with van der Waals surface area (Å²) < 4.78 is 0. The van der Waals surface area contributed by atoms with E-state index in [0.717, 1.165) is 11.1 Å². The first kappa shape index (κ1) is 23.5. The maximum absolute atomic E-state index is 12.7. The van der Waals surface area contributed by atoms with Gasteiger partial charge in [0.25, 0.3) is 11.8 Å². The van der Waals surface area contributed by atoms with E-state index in [9.17, 15) is 14.4 Å². The smallest absolute Gasteiger partial charge is 0.253 e. The van der Waals surface area contributed by atoms with Crippen LogP contribution in [0.15, 0.2) is 72.8 Å². The number of rotatable bonds is 9. The van der Waals surface area contributed by atoms with Gasteiger partial charge >= 0.3 is 0 Å². The molecule has 0 atom stereocenters. The van der Waals surface area contributed by atoms with Crippen molar-refractivity contribution in [3.63, 3.8) is 0 Å². The molecule has 0 aliphatic carbocycles. The van der Waals surface area contributed by atoms with E-state index >= 15 is 0 Å². The summed E-state index contributed by atoms with van der Waals surface area (Å²) >= 11 is 0. The fourth-order valence-corrected chi connectivity index (χ4v) is 3.23. The maximum atomic E-state index is 12.7. The monoisotopic (exact) mass is 444 g/mol. The van der Waals surface area contributed by atoms with Crippen LogP contribution in [0.25, 0.3) is 0 Å². The molecule has 0 aliphatic heterocycles. The molecule has 0 aliphatic rings. The number of hydrogen-bond acceptors (Lipinski definition) is 4. The lowest BCUT2D eigenvalue weighted by Crippen LogP contribution is -2.28. The zero-order valence-corrected chi connectivity index (χ0v) is 18.8. The molecule has 3 rings (SSSR count). The summed E-state index contributed by atoms with van der Waals surface area (Å²) in [6.07, 6.45) is 0. The number of carbonyl (C=O) groups is 3. The SMILES string of the molecule is CCNC(=O)c1ccccc1NCC(=O)Nc1ccccc1C(=O)NCc1ccc(C)cc1. The first-order valence-corrected chi connectivity index (χ1v) is 10.8. The van der Waals surface area contributed by atoms with Crippen molar-refractivity contribution in [1.29, 1.82) is 0 Å². The average Bonchev–Trinajstić information content (AvgIpc) is 2.83. The van der Waals surface area contributed by atoms with Crippen LogP contribution >= 0.6 is 0 Å². The van der Waals surface area contributed by atoms with E-state index in [1.54, 1.807) is 48.5 Å². The number of carbonyl (C=O) groups excluding carboxylic acids is 3. The number of hydrogen-bond donors (Lipinski definition) is 4. The summed E-state index contributed by atoms with van der Waals surface area (Å²) in [6.45, 7) is 4.69. The molecule has 0 bridgehead atoms. The van der Waals surface area contributed by atoms with Gasteiger partial charge in [-0.15, -0.1) is 0 Å². The molecule has 0 spiro atoms. The zero-order chi connectivity index (χ0) is 23.6. The van der Waals surface area contributed by atoms with E-state index in [2.05, 4.69) is 21.3 Å². The summed E-state index contributed by atoms with van der Waals surface area (Å²) in [6, 6.07) is 21.8. The van der Waals surface area contributed by atoms with Crippen LogP contribution in [0.3, 0.4) is 0 Å². The highest BCUT2D eigenvalue weighted by atomic mass is 16.2. The fourth-order valence-electron chi connectivity index (χ4n) is 3.23. The van der Waals surface area contributed by atoms with Crippen LogP contribution in [-0.4, -0.2) is 30.8 Å². The third-order valence-electron chi connectivity index (χ3n) is 4.97. The van der Waals surface area contributed by atoms with Gasteiger partial charge in [-0.25, -0.2) is 0 Å². The number of para-hydroxylation sites is 2. The largest absolute Gasteiger partial charge is 0.376 e. The van der Waals surface area contributed by atoms with E-state index in [1.807, 2.05) is 38.1 Å². The number of benzene rings is 3. The van der Waals surface area contributed by atoms with Crippen molar-refractivity contribution < 1.29 is 14.4 Å². The Bertz CT molecular complexity index is 1130. The normalized spacial score (nSPS) is 10.2. The molecule has 0 fully saturated rings. The highest BCUT2D eigenvalue weighted by Gasteiger charge is 2.14. The summed E-state index contributed by atoms with van der Waals surface area (Å²) in [5, 5.41) is 11.4. The molecule has 3 aromatic carbocycles. The summed E-state index contributed by atoms with van der Waals surface area (Å²) in [4.78, 5) is 37.5. The maximum Gasteiger partial charge on any atom is 0.253 e. The second-order valence-corrected chi connectivity index (χ2v) is 7.52. The minimum Gasteiger partial charge on any atom is -0.376 e. The minimum atomic E-state index is -0.334. The molecule has 7 nitrogen and oxygen atoms in total. The predicted octanol–water partition coefficient (Wildman–Crippen LogP) is 3.73. The van der Waals surface area contributed by atoms with Crippen LogP contribution < -0.4 is 21.3 Å². The van der Waals surface area contributed by atoms with Crippen molar-refractivity contribution in [2.24, 2.45) is 0 Å². The van der Waals surface area contributed by atoms with E-state index in [1.165, 1.54) is 0 Å². The van der Waals surface area contributed by atoms with Gasteiger partial charge in [-0.05, 0) is 43.7 Å². The number of anilines is 2. The predicted molar refractivity (Wildman–Crippen MR) is 130 cm³/mol. The van der Waals surface area contributed by atoms with Crippen molar-refractivity contribution in [3.05, 3.63) is 95.1 Å². The second-order valence-electron chi connectivity index (χ2n) is 7.52. The second kappa shape index (κ2) is 11.5. The van der Waals surface area contributed by atoms with Crippen molar-refractivity contribution in [2.75, 3.05) is 23.7 Å². The number of amides is 3. The van der Waals surface area contributed by atoms with Gasteiger partial charge in [0.15, 0.2) is 0 Å². The van der Waals surface area contributed by atoms with Crippen LogP contribution in [0.5, 0.6) is 0 Å². The molecule has 7 heteroatoms. The lowest BCUT2D eigenvalue weighted by atomic mass is 10.1. The Morgan fingerprint density at radius 3 is 1.97 bits per heavy atom. The van der Waals surface area contributed by atoms with Gasteiger partial charge in [0.1, 0.15) is 0 Å². The third-order valence-corrected chi connectivity index (χ3v) is 4.97. The Kier molecular flexibility index (Phi) is 8.18. The molecule has 4 N–H and O–H groups in total. The van der Waals surface area contributed by atoms with E-state index in [0.29, 0.717) is 35.6 Å². The molecule has 0 radical (unpaired) electrons.